The molecule has 0 spiro atoms. The molecule has 0 N–H and O–H groups in total. The second kappa shape index (κ2) is 8.98. The smallest absolute Gasteiger partial charge is 0.225 e. The van der Waals surface area contributed by atoms with Crippen LogP contribution in [0.5, 0.6) is 0 Å². The maximum absolute atomic E-state index is 10.1. The van der Waals surface area contributed by atoms with Crippen LogP contribution >= 0.6 is 0 Å². The summed E-state index contributed by atoms with van der Waals surface area (Å²) >= 11 is 0. The predicted molar refractivity (Wildman–Crippen MR) is 62.0 cm³/mol. The summed E-state index contributed by atoms with van der Waals surface area (Å²) in [7, 11) is 0. The molecule has 14 heavy (non-hydrogen) atoms. The fraction of sp³-hybridized carbons (Fsp3) is 0.769. The van der Waals surface area contributed by atoms with Crippen LogP contribution in [0, 0.1) is 5.92 Å². The SMILES string of the molecule is CCCCCC(CC)C/C(C)=C/[C]=O. The largest absolute Gasteiger partial charge is 0.286 e. The normalized spacial score (nSPS) is 14.1. The number of carbonyl (C=O) groups excluding carboxylic acids is 1. The highest BCUT2D eigenvalue weighted by atomic mass is 16.1. The summed E-state index contributed by atoms with van der Waals surface area (Å²) < 4.78 is 0. The molecule has 1 heteroatoms. The molecule has 0 aliphatic carbocycles. The molecule has 81 valence electrons. The van der Waals surface area contributed by atoms with Crippen molar-refractivity contribution in [1.29, 1.82) is 0 Å². The van der Waals surface area contributed by atoms with Crippen molar-refractivity contribution in [3.05, 3.63) is 11.6 Å². The summed E-state index contributed by atoms with van der Waals surface area (Å²) in [6.07, 6.45) is 10.9. The maximum Gasteiger partial charge on any atom is 0.225 e. The Kier molecular flexibility index (Phi) is 8.61. The van der Waals surface area contributed by atoms with Gasteiger partial charge in [-0.1, -0.05) is 51.5 Å². The summed E-state index contributed by atoms with van der Waals surface area (Å²) in [5.41, 5.74) is 1.17. The topological polar surface area (TPSA) is 17.1 Å². The first-order valence-electron chi connectivity index (χ1n) is 5.77. The van der Waals surface area contributed by atoms with E-state index in [1.165, 1.54) is 37.7 Å². The molecule has 0 fully saturated rings. The van der Waals surface area contributed by atoms with E-state index in [1.807, 2.05) is 13.2 Å². The highest BCUT2D eigenvalue weighted by Gasteiger charge is 2.06. The van der Waals surface area contributed by atoms with Crippen LogP contribution in [0.3, 0.4) is 0 Å². The average Bonchev–Trinajstić information content (AvgIpc) is 2.17. The molecule has 0 heterocycles. The zero-order valence-corrected chi connectivity index (χ0v) is 9.81. The molecule has 0 saturated heterocycles. The Balaban J connectivity index is 3.77. The first-order chi connectivity index (χ1) is 6.74. The molecule has 1 unspecified atom stereocenters. The van der Waals surface area contributed by atoms with Crippen LogP contribution in [-0.2, 0) is 4.79 Å². The van der Waals surface area contributed by atoms with Crippen LogP contribution in [-0.4, -0.2) is 6.29 Å². The number of unbranched alkanes of at least 4 members (excludes halogenated alkanes) is 2. The highest BCUT2D eigenvalue weighted by molar-refractivity contribution is 5.66. The van der Waals surface area contributed by atoms with Crippen LogP contribution in [0.15, 0.2) is 11.6 Å². The van der Waals surface area contributed by atoms with E-state index in [4.69, 9.17) is 0 Å². The zero-order chi connectivity index (χ0) is 10.8. The van der Waals surface area contributed by atoms with Gasteiger partial charge in [0.2, 0.25) is 6.29 Å². The van der Waals surface area contributed by atoms with Crippen molar-refractivity contribution in [2.45, 2.75) is 59.3 Å². The van der Waals surface area contributed by atoms with Gasteiger partial charge in [-0.25, -0.2) is 0 Å². The minimum absolute atomic E-state index is 0.756. The second-order valence-corrected chi connectivity index (χ2v) is 4.08. The molecule has 1 atom stereocenters. The lowest BCUT2D eigenvalue weighted by Crippen LogP contribution is -1.99. The van der Waals surface area contributed by atoms with Crippen molar-refractivity contribution in [3.63, 3.8) is 0 Å². The van der Waals surface area contributed by atoms with E-state index in [0.29, 0.717) is 0 Å². The Hall–Kier alpha value is -0.590. The fourth-order valence-corrected chi connectivity index (χ4v) is 1.75. The van der Waals surface area contributed by atoms with Crippen LogP contribution in [0.2, 0.25) is 0 Å². The fourth-order valence-electron chi connectivity index (χ4n) is 1.75. The van der Waals surface area contributed by atoms with Gasteiger partial charge in [-0.2, -0.15) is 0 Å². The van der Waals surface area contributed by atoms with Gasteiger partial charge in [-0.15, -0.1) is 0 Å². The van der Waals surface area contributed by atoms with Crippen LogP contribution < -0.4 is 0 Å². The monoisotopic (exact) mass is 195 g/mol. The molecular formula is C13H23O. The van der Waals surface area contributed by atoms with E-state index in [2.05, 4.69) is 13.8 Å². The Labute approximate surface area is 88.6 Å². The Morgan fingerprint density at radius 3 is 2.57 bits per heavy atom. The van der Waals surface area contributed by atoms with E-state index in [1.54, 1.807) is 6.08 Å². The lowest BCUT2D eigenvalue weighted by atomic mass is 9.92. The average molecular weight is 195 g/mol. The molecule has 0 aromatic heterocycles. The molecule has 0 rings (SSSR count). The molecule has 0 aliphatic rings. The van der Waals surface area contributed by atoms with Crippen molar-refractivity contribution in [2.75, 3.05) is 0 Å². The van der Waals surface area contributed by atoms with Gasteiger partial charge in [0.15, 0.2) is 0 Å². The summed E-state index contributed by atoms with van der Waals surface area (Å²) in [5.74, 6) is 0.756. The van der Waals surface area contributed by atoms with Gasteiger partial charge in [0.25, 0.3) is 0 Å². The van der Waals surface area contributed by atoms with Crippen LogP contribution in [0.25, 0.3) is 0 Å². The van der Waals surface area contributed by atoms with E-state index in [9.17, 15) is 4.79 Å². The molecule has 0 saturated carbocycles. The molecule has 0 aromatic rings. The summed E-state index contributed by atoms with van der Waals surface area (Å²) in [6, 6.07) is 0. The van der Waals surface area contributed by atoms with Gasteiger partial charge in [0, 0.05) is 0 Å². The van der Waals surface area contributed by atoms with Gasteiger partial charge < -0.3 is 0 Å². The number of hydrogen-bond acceptors (Lipinski definition) is 1. The van der Waals surface area contributed by atoms with Gasteiger partial charge >= 0.3 is 0 Å². The molecule has 0 aromatic carbocycles. The van der Waals surface area contributed by atoms with E-state index < -0.39 is 0 Å². The molecule has 0 aliphatic heterocycles. The third-order valence-electron chi connectivity index (χ3n) is 2.71. The lowest BCUT2D eigenvalue weighted by Gasteiger charge is -2.14. The van der Waals surface area contributed by atoms with Gasteiger partial charge in [0.05, 0.1) is 0 Å². The first-order valence-corrected chi connectivity index (χ1v) is 5.77. The number of allylic oxidation sites excluding steroid dienone is 2. The van der Waals surface area contributed by atoms with Crippen LogP contribution in [0.1, 0.15) is 59.3 Å². The summed E-state index contributed by atoms with van der Waals surface area (Å²) in [4.78, 5) is 10.1. The molecule has 1 radical (unpaired) electrons. The van der Waals surface area contributed by atoms with Gasteiger partial charge in [-0.3, -0.25) is 4.79 Å². The van der Waals surface area contributed by atoms with E-state index in [-0.39, 0.29) is 0 Å². The Bertz CT molecular complexity index is 170. The van der Waals surface area contributed by atoms with Crippen molar-refractivity contribution < 1.29 is 4.79 Å². The van der Waals surface area contributed by atoms with Crippen molar-refractivity contribution in [1.82, 2.24) is 0 Å². The first kappa shape index (κ1) is 13.4. The molecule has 1 nitrogen and oxygen atoms in total. The minimum Gasteiger partial charge on any atom is -0.286 e. The third kappa shape index (κ3) is 6.88. The lowest BCUT2D eigenvalue weighted by molar-refractivity contribution is 0.441. The summed E-state index contributed by atoms with van der Waals surface area (Å²) in [5, 5.41) is 0. The zero-order valence-electron chi connectivity index (χ0n) is 9.81. The van der Waals surface area contributed by atoms with Crippen molar-refractivity contribution >= 4 is 6.29 Å². The standard InChI is InChI=1S/C13H23O/c1-4-6-7-8-13(5-2)11-12(3)9-10-14/h9,13H,4-8,11H2,1-3H3/b12-9+. The summed E-state index contributed by atoms with van der Waals surface area (Å²) in [6.45, 7) is 6.48. The molecule has 0 bridgehead atoms. The Morgan fingerprint density at radius 1 is 1.36 bits per heavy atom. The third-order valence-corrected chi connectivity index (χ3v) is 2.71. The quantitative estimate of drug-likeness (QED) is 0.422. The Morgan fingerprint density at radius 2 is 2.07 bits per heavy atom. The predicted octanol–water partition coefficient (Wildman–Crippen LogP) is 4.04. The van der Waals surface area contributed by atoms with E-state index in [0.717, 1.165) is 12.3 Å². The van der Waals surface area contributed by atoms with Gasteiger partial charge in [-0.05, 0) is 25.3 Å². The van der Waals surface area contributed by atoms with Crippen molar-refractivity contribution in [3.8, 4) is 0 Å². The second-order valence-electron chi connectivity index (χ2n) is 4.08. The molecular weight excluding hydrogens is 172 g/mol. The van der Waals surface area contributed by atoms with Gasteiger partial charge in [0.1, 0.15) is 0 Å². The number of hydrogen-bond donors (Lipinski definition) is 0. The van der Waals surface area contributed by atoms with E-state index >= 15 is 0 Å². The highest BCUT2D eigenvalue weighted by Crippen LogP contribution is 2.21. The number of rotatable bonds is 8. The maximum atomic E-state index is 10.1. The van der Waals surface area contributed by atoms with Crippen molar-refractivity contribution in [2.24, 2.45) is 5.92 Å². The minimum atomic E-state index is 0.756. The van der Waals surface area contributed by atoms with Crippen LogP contribution in [0.4, 0.5) is 0 Å². The molecule has 0 amide bonds.